The molecule has 154 valence electrons. The van der Waals surface area contributed by atoms with Crippen molar-refractivity contribution in [2.45, 2.75) is 25.3 Å². The lowest BCUT2D eigenvalue weighted by molar-refractivity contribution is 0.0911. The van der Waals surface area contributed by atoms with E-state index in [1.165, 1.54) is 0 Å². The van der Waals surface area contributed by atoms with Crippen LogP contribution in [-0.4, -0.2) is 48.6 Å². The highest BCUT2D eigenvalue weighted by Crippen LogP contribution is 2.21. The summed E-state index contributed by atoms with van der Waals surface area (Å²) in [5.74, 6) is 0.818. The summed E-state index contributed by atoms with van der Waals surface area (Å²) < 4.78 is 5.43. The first kappa shape index (κ1) is 20.0. The molecule has 1 amide bonds. The lowest BCUT2D eigenvalue weighted by Crippen LogP contribution is -2.45. The number of nitriles is 1. The summed E-state index contributed by atoms with van der Waals surface area (Å²) >= 11 is 0. The third-order valence-corrected chi connectivity index (χ3v) is 5.85. The molecule has 30 heavy (non-hydrogen) atoms. The smallest absolute Gasteiger partial charge is 0.251 e. The summed E-state index contributed by atoms with van der Waals surface area (Å²) in [7, 11) is 1.66. The fourth-order valence-electron chi connectivity index (χ4n) is 4.08. The molecule has 2 heterocycles. The number of amides is 1. The Morgan fingerprint density at radius 1 is 1.23 bits per heavy atom. The summed E-state index contributed by atoms with van der Waals surface area (Å²) in [6, 6.07) is 15.7. The van der Waals surface area contributed by atoms with Crippen molar-refractivity contribution in [1.82, 2.24) is 15.2 Å². The highest BCUT2D eigenvalue weighted by Gasteiger charge is 2.21. The number of aromatic nitrogens is 1. The number of rotatable bonds is 6. The fourth-order valence-corrected chi connectivity index (χ4v) is 4.08. The number of fused-ring (bicyclic) bond motifs is 1. The summed E-state index contributed by atoms with van der Waals surface area (Å²) in [5.41, 5.74) is 3.39. The Morgan fingerprint density at radius 2 is 2.07 bits per heavy atom. The third kappa shape index (κ3) is 4.47. The van der Waals surface area contributed by atoms with Crippen LogP contribution in [-0.2, 0) is 6.42 Å². The van der Waals surface area contributed by atoms with Crippen molar-refractivity contribution < 1.29 is 9.53 Å². The number of piperidine rings is 1. The zero-order valence-electron chi connectivity index (χ0n) is 17.1. The van der Waals surface area contributed by atoms with Gasteiger partial charge in [-0.15, -0.1) is 0 Å². The average Bonchev–Trinajstić information content (AvgIpc) is 3.26. The zero-order valence-corrected chi connectivity index (χ0v) is 17.1. The molecule has 0 aliphatic carbocycles. The minimum absolute atomic E-state index is 0.0111. The van der Waals surface area contributed by atoms with E-state index in [9.17, 15) is 4.79 Å². The summed E-state index contributed by atoms with van der Waals surface area (Å²) in [6.07, 6.45) is 4.60. The Bertz CT molecular complexity index is 1070. The molecular formula is C24H26N4O2. The molecular weight excluding hydrogens is 376 g/mol. The van der Waals surface area contributed by atoms with Crippen molar-refractivity contribution in [1.29, 1.82) is 5.26 Å². The van der Waals surface area contributed by atoms with Gasteiger partial charge in [-0.1, -0.05) is 6.07 Å². The molecule has 0 spiro atoms. The highest BCUT2D eigenvalue weighted by atomic mass is 16.5. The predicted octanol–water partition coefficient (Wildman–Crippen LogP) is 3.49. The molecule has 0 saturated carbocycles. The van der Waals surface area contributed by atoms with Gasteiger partial charge in [-0.3, -0.25) is 4.79 Å². The van der Waals surface area contributed by atoms with E-state index in [1.54, 1.807) is 13.2 Å². The van der Waals surface area contributed by atoms with Crippen molar-refractivity contribution in [2.24, 2.45) is 0 Å². The molecule has 0 atom stereocenters. The van der Waals surface area contributed by atoms with Crippen LogP contribution in [0.15, 0.2) is 48.7 Å². The minimum atomic E-state index is -0.0111. The molecule has 6 heteroatoms. The van der Waals surface area contributed by atoms with Gasteiger partial charge in [0.2, 0.25) is 0 Å². The third-order valence-electron chi connectivity index (χ3n) is 5.85. The van der Waals surface area contributed by atoms with Gasteiger partial charge in [0.15, 0.2) is 0 Å². The fraction of sp³-hybridized carbons (Fsp3) is 0.333. The maximum Gasteiger partial charge on any atom is 0.251 e. The van der Waals surface area contributed by atoms with Crippen LogP contribution in [0.25, 0.3) is 10.9 Å². The number of aromatic amines is 1. The molecule has 1 aliphatic heterocycles. The first-order chi connectivity index (χ1) is 14.7. The molecule has 3 aromatic rings. The molecule has 1 saturated heterocycles. The molecule has 1 fully saturated rings. The van der Waals surface area contributed by atoms with E-state index < -0.39 is 0 Å². The van der Waals surface area contributed by atoms with E-state index >= 15 is 0 Å². The zero-order chi connectivity index (χ0) is 20.9. The van der Waals surface area contributed by atoms with Crippen LogP contribution in [0.1, 0.15) is 34.3 Å². The van der Waals surface area contributed by atoms with Gasteiger partial charge in [-0.2, -0.15) is 5.26 Å². The SMILES string of the molecule is COc1ccc(C#N)cc1CCN1CCC(NC(=O)c2ccc3cc[nH]c3c2)CC1. The van der Waals surface area contributed by atoms with Gasteiger partial charge >= 0.3 is 0 Å². The standard InChI is InChI=1S/C24H26N4O2/c1-30-23-5-2-17(16-25)14-19(23)7-11-28-12-8-21(9-13-28)27-24(29)20-4-3-18-6-10-26-22(18)15-20/h2-6,10,14-15,21,26H,7-9,11-13H2,1H3,(H,27,29). The van der Waals surface area contributed by atoms with Crippen LogP contribution >= 0.6 is 0 Å². The number of nitrogens with zero attached hydrogens (tertiary/aromatic N) is 2. The lowest BCUT2D eigenvalue weighted by Gasteiger charge is -2.32. The number of likely N-dealkylation sites (tertiary alicyclic amines) is 1. The van der Waals surface area contributed by atoms with Crippen LogP contribution in [0, 0.1) is 11.3 Å². The van der Waals surface area contributed by atoms with E-state index in [0.717, 1.165) is 61.1 Å². The van der Waals surface area contributed by atoms with Gasteiger partial charge in [0.1, 0.15) is 5.75 Å². The lowest BCUT2D eigenvalue weighted by atomic mass is 10.0. The molecule has 0 radical (unpaired) electrons. The number of H-pyrrole nitrogens is 1. The van der Waals surface area contributed by atoms with Crippen LogP contribution in [0.4, 0.5) is 0 Å². The van der Waals surface area contributed by atoms with Crippen molar-refractivity contribution in [3.05, 3.63) is 65.4 Å². The Morgan fingerprint density at radius 3 is 2.83 bits per heavy atom. The number of benzene rings is 2. The van der Waals surface area contributed by atoms with Gasteiger partial charge in [-0.05, 0) is 66.6 Å². The Kier molecular flexibility index (Phi) is 6.01. The Balaban J connectivity index is 1.28. The molecule has 1 aliphatic rings. The number of ether oxygens (including phenoxy) is 1. The van der Waals surface area contributed by atoms with E-state index in [4.69, 9.17) is 10.00 Å². The average molecular weight is 402 g/mol. The van der Waals surface area contributed by atoms with Gasteiger partial charge in [0.05, 0.1) is 18.7 Å². The predicted molar refractivity (Wildman–Crippen MR) is 117 cm³/mol. The number of hydrogen-bond donors (Lipinski definition) is 2. The largest absolute Gasteiger partial charge is 0.496 e. The maximum absolute atomic E-state index is 12.6. The topological polar surface area (TPSA) is 81.2 Å². The molecule has 0 bridgehead atoms. The Labute approximate surface area is 176 Å². The van der Waals surface area contributed by atoms with Crippen LogP contribution < -0.4 is 10.1 Å². The van der Waals surface area contributed by atoms with Crippen LogP contribution in [0.3, 0.4) is 0 Å². The van der Waals surface area contributed by atoms with Gasteiger partial charge < -0.3 is 19.9 Å². The number of carbonyl (C=O) groups excluding carboxylic acids is 1. The molecule has 0 unspecified atom stereocenters. The van der Waals surface area contributed by atoms with E-state index in [1.807, 2.05) is 42.6 Å². The molecule has 4 rings (SSSR count). The first-order valence-corrected chi connectivity index (χ1v) is 10.3. The number of methoxy groups -OCH3 is 1. The minimum Gasteiger partial charge on any atom is -0.496 e. The van der Waals surface area contributed by atoms with Crippen LogP contribution in [0.2, 0.25) is 0 Å². The van der Waals surface area contributed by atoms with Crippen molar-refractivity contribution in [3.63, 3.8) is 0 Å². The molecule has 2 aromatic carbocycles. The van der Waals surface area contributed by atoms with Crippen molar-refractivity contribution in [2.75, 3.05) is 26.7 Å². The van der Waals surface area contributed by atoms with E-state index in [0.29, 0.717) is 11.1 Å². The molecule has 1 aromatic heterocycles. The summed E-state index contributed by atoms with van der Waals surface area (Å²) in [5, 5.41) is 13.4. The van der Waals surface area contributed by atoms with E-state index in [2.05, 4.69) is 21.3 Å². The second kappa shape index (κ2) is 9.02. The summed E-state index contributed by atoms with van der Waals surface area (Å²) in [4.78, 5) is 18.2. The Hall–Kier alpha value is -3.30. The summed E-state index contributed by atoms with van der Waals surface area (Å²) in [6.45, 7) is 2.80. The quantitative estimate of drug-likeness (QED) is 0.661. The van der Waals surface area contributed by atoms with Crippen molar-refractivity contribution in [3.8, 4) is 11.8 Å². The normalized spacial score (nSPS) is 15.1. The van der Waals surface area contributed by atoms with Crippen LogP contribution in [0.5, 0.6) is 5.75 Å². The highest BCUT2D eigenvalue weighted by molar-refractivity contribution is 5.98. The van der Waals surface area contributed by atoms with Crippen molar-refractivity contribution >= 4 is 16.8 Å². The number of nitrogens with one attached hydrogen (secondary N) is 2. The first-order valence-electron chi connectivity index (χ1n) is 10.3. The monoisotopic (exact) mass is 402 g/mol. The molecule has 6 nitrogen and oxygen atoms in total. The maximum atomic E-state index is 12.6. The van der Waals surface area contributed by atoms with Gasteiger partial charge in [0, 0.05) is 43.0 Å². The number of carbonyl (C=O) groups is 1. The van der Waals surface area contributed by atoms with Gasteiger partial charge in [0.25, 0.3) is 5.91 Å². The van der Waals surface area contributed by atoms with E-state index in [-0.39, 0.29) is 11.9 Å². The molecule has 2 N–H and O–H groups in total. The number of hydrogen-bond acceptors (Lipinski definition) is 4. The van der Waals surface area contributed by atoms with Gasteiger partial charge in [-0.25, -0.2) is 0 Å². The second-order valence-corrected chi connectivity index (χ2v) is 7.76. The second-order valence-electron chi connectivity index (χ2n) is 7.76.